The monoisotopic (exact) mass is 431 g/mol. The lowest BCUT2D eigenvalue weighted by Gasteiger charge is -2.12. The standard InChI is InChI=1S/C21H22FN3O4S/c1-28-17-7-8-18(19(9-17)29-2)24-20(27)13-30-21-23-10-16(12-26)25(21)11-14-3-5-15(22)6-4-14/h3-10,26H,11-13H2,1-2H3,(H,24,27). The number of amides is 1. The zero-order valence-corrected chi connectivity index (χ0v) is 17.4. The number of aliphatic hydroxyl groups excluding tert-OH is 1. The van der Waals surface area contributed by atoms with E-state index in [4.69, 9.17) is 9.47 Å². The summed E-state index contributed by atoms with van der Waals surface area (Å²) in [5.41, 5.74) is 2.01. The first-order valence-electron chi connectivity index (χ1n) is 9.08. The van der Waals surface area contributed by atoms with E-state index in [-0.39, 0.29) is 24.1 Å². The first kappa shape index (κ1) is 21.7. The molecule has 0 atom stereocenters. The quantitative estimate of drug-likeness (QED) is 0.506. The summed E-state index contributed by atoms with van der Waals surface area (Å²) in [5, 5.41) is 13.0. The summed E-state index contributed by atoms with van der Waals surface area (Å²) in [5.74, 6) is 0.685. The summed E-state index contributed by atoms with van der Waals surface area (Å²) >= 11 is 1.24. The zero-order valence-electron chi connectivity index (χ0n) is 16.6. The third-order valence-corrected chi connectivity index (χ3v) is 5.32. The Bertz CT molecular complexity index is 1010. The van der Waals surface area contributed by atoms with E-state index in [9.17, 15) is 14.3 Å². The molecule has 9 heteroatoms. The number of hydrogen-bond donors (Lipinski definition) is 2. The fourth-order valence-electron chi connectivity index (χ4n) is 2.79. The van der Waals surface area contributed by atoms with Crippen LogP contribution in [0.3, 0.4) is 0 Å². The molecule has 1 aromatic heterocycles. The molecule has 0 saturated carbocycles. The molecule has 1 heterocycles. The molecule has 158 valence electrons. The second-order valence-electron chi connectivity index (χ2n) is 6.31. The van der Waals surface area contributed by atoms with E-state index in [0.717, 1.165) is 5.56 Å². The lowest BCUT2D eigenvalue weighted by atomic mass is 10.2. The van der Waals surface area contributed by atoms with Crippen LogP contribution >= 0.6 is 11.8 Å². The molecule has 2 N–H and O–H groups in total. The van der Waals surface area contributed by atoms with Crippen LogP contribution in [0.15, 0.2) is 53.8 Å². The molecule has 0 bridgehead atoms. The Morgan fingerprint density at radius 3 is 2.63 bits per heavy atom. The van der Waals surface area contributed by atoms with Gasteiger partial charge in [-0.25, -0.2) is 9.37 Å². The Kier molecular flexibility index (Phi) is 7.31. The molecule has 7 nitrogen and oxygen atoms in total. The second-order valence-corrected chi connectivity index (χ2v) is 7.25. The van der Waals surface area contributed by atoms with Gasteiger partial charge in [-0.15, -0.1) is 0 Å². The molecule has 0 saturated heterocycles. The molecule has 0 aliphatic carbocycles. The lowest BCUT2D eigenvalue weighted by Crippen LogP contribution is -2.15. The number of halogens is 1. The minimum absolute atomic E-state index is 0.112. The molecule has 30 heavy (non-hydrogen) atoms. The first-order chi connectivity index (χ1) is 14.5. The molecule has 0 unspecified atom stereocenters. The Morgan fingerprint density at radius 2 is 1.97 bits per heavy atom. The van der Waals surface area contributed by atoms with Gasteiger partial charge in [0.2, 0.25) is 5.91 Å². The number of aliphatic hydroxyl groups is 1. The smallest absolute Gasteiger partial charge is 0.234 e. The second kappa shape index (κ2) is 10.1. The van der Waals surface area contributed by atoms with Gasteiger partial charge in [-0.1, -0.05) is 23.9 Å². The van der Waals surface area contributed by atoms with Crippen LogP contribution in [0, 0.1) is 5.82 Å². The third-order valence-electron chi connectivity index (χ3n) is 4.33. The average molecular weight is 431 g/mol. The molecule has 0 spiro atoms. The number of carbonyl (C=O) groups excluding carboxylic acids is 1. The number of carbonyl (C=O) groups is 1. The highest BCUT2D eigenvalue weighted by molar-refractivity contribution is 7.99. The fraction of sp³-hybridized carbons (Fsp3) is 0.238. The van der Waals surface area contributed by atoms with Gasteiger partial charge >= 0.3 is 0 Å². The van der Waals surface area contributed by atoms with Crippen LogP contribution in [0.5, 0.6) is 11.5 Å². The molecular weight excluding hydrogens is 409 g/mol. The van der Waals surface area contributed by atoms with E-state index in [2.05, 4.69) is 10.3 Å². The minimum Gasteiger partial charge on any atom is -0.497 e. The number of hydrogen-bond acceptors (Lipinski definition) is 6. The van der Waals surface area contributed by atoms with Gasteiger partial charge in [-0.3, -0.25) is 4.79 Å². The Labute approximate surface area is 177 Å². The molecule has 0 radical (unpaired) electrons. The predicted molar refractivity (Wildman–Crippen MR) is 113 cm³/mol. The highest BCUT2D eigenvalue weighted by Gasteiger charge is 2.14. The van der Waals surface area contributed by atoms with Crippen LogP contribution < -0.4 is 14.8 Å². The number of aromatic nitrogens is 2. The summed E-state index contributed by atoms with van der Waals surface area (Å²) in [7, 11) is 3.07. The van der Waals surface area contributed by atoms with E-state index in [1.165, 1.54) is 31.0 Å². The number of ether oxygens (including phenoxy) is 2. The van der Waals surface area contributed by atoms with Crippen molar-refractivity contribution in [2.45, 2.75) is 18.3 Å². The van der Waals surface area contributed by atoms with Crippen molar-refractivity contribution in [3.05, 3.63) is 65.7 Å². The van der Waals surface area contributed by atoms with Crippen molar-refractivity contribution in [1.82, 2.24) is 9.55 Å². The summed E-state index contributed by atoms with van der Waals surface area (Å²) in [4.78, 5) is 16.8. The first-order valence-corrected chi connectivity index (χ1v) is 10.1. The van der Waals surface area contributed by atoms with Crippen LogP contribution in [0.2, 0.25) is 0 Å². The largest absolute Gasteiger partial charge is 0.497 e. The third kappa shape index (κ3) is 5.31. The van der Waals surface area contributed by atoms with Crippen molar-refractivity contribution in [3.63, 3.8) is 0 Å². The van der Waals surface area contributed by atoms with Crippen molar-refractivity contribution in [3.8, 4) is 11.5 Å². The normalized spacial score (nSPS) is 10.7. The highest BCUT2D eigenvalue weighted by atomic mass is 32.2. The van der Waals surface area contributed by atoms with E-state index in [1.807, 2.05) is 0 Å². The number of anilines is 1. The van der Waals surface area contributed by atoms with Crippen LogP contribution in [-0.2, 0) is 17.9 Å². The van der Waals surface area contributed by atoms with Gasteiger partial charge in [0, 0.05) is 12.6 Å². The molecule has 1 amide bonds. The van der Waals surface area contributed by atoms with Gasteiger partial charge < -0.3 is 24.5 Å². The SMILES string of the molecule is COc1ccc(NC(=O)CSc2ncc(CO)n2Cc2ccc(F)cc2)c(OC)c1. The van der Waals surface area contributed by atoms with Gasteiger partial charge in [0.05, 0.1) is 44.2 Å². The molecule has 0 aliphatic heterocycles. The van der Waals surface area contributed by atoms with Crippen molar-refractivity contribution < 1.29 is 23.8 Å². The summed E-state index contributed by atoms with van der Waals surface area (Å²) in [6.07, 6.45) is 1.57. The number of rotatable bonds is 9. The number of methoxy groups -OCH3 is 2. The van der Waals surface area contributed by atoms with Gasteiger partial charge in [0.25, 0.3) is 0 Å². The Hall–Kier alpha value is -3.04. The van der Waals surface area contributed by atoms with Crippen molar-refractivity contribution in [2.75, 3.05) is 25.3 Å². The Balaban J connectivity index is 1.67. The van der Waals surface area contributed by atoms with E-state index < -0.39 is 0 Å². The molecule has 0 aliphatic rings. The van der Waals surface area contributed by atoms with Crippen molar-refractivity contribution in [1.29, 1.82) is 0 Å². The zero-order chi connectivity index (χ0) is 21.5. The summed E-state index contributed by atoms with van der Waals surface area (Å²) in [6, 6.07) is 11.2. The Morgan fingerprint density at radius 1 is 1.20 bits per heavy atom. The van der Waals surface area contributed by atoms with E-state index >= 15 is 0 Å². The molecule has 3 aromatic rings. The van der Waals surface area contributed by atoms with Gasteiger partial charge in [-0.2, -0.15) is 0 Å². The lowest BCUT2D eigenvalue weighted by molar-refractivity contribution is -0.113. The van der Waals surface area contributed by atoms with Crippen molar-refractivity contribution in [2.24, 2.45) is 0 Å². The molecule has 0 fully saturated rings. The fourth-order valence-corrected chi connectivity index (χ4v) is 3.59. The maximum Gasteiger partial charge on any atom is 0.234 e. The van der Waals surface area contributed by atoms with Crippen LogP contribution in [0.25, 0.3) is 0 Å². The van der Waals surface area contributed by atoms with Gasteiger partial charge in [0.1, 0.15) is 17.3 Å². The van der Waals surface area contributed by atoms with Crippen LogP contribution in [0.1, 0.15) is 11.3 Å². The highest BCUT2D eigenvalue weighted by Crippen LogP contribution is 2.29. The number of nitrogens with one attached hydrogen (secondary N) is 1. The van der Waals surface area contributed by atoms with E-state index in [0.29, 0.717) is 34.6 Å². The summed E-state index contributed by atoms with van der Waals surface area (Å²) < 4.78 is 25.4. The molecular formula is C21H22FN3O4S. The topological polar surface area (TPSA) is 85.6 Å². The minimum atomic E-state index is -0.313. The van der Waals surface area contributed by atoms with Crippen LogP contribution in [-0.4, -0.2) is 40.5 Å². The maximum absolute atomic E-state index is 13.2. The molecule has 2 aromatic carbocycles. The average Bonchev–Trinajstić information content (AvgIpc) is 3.15. The van der Waals surface area contributed by atoms with Gasteiger partial charge in [0.15, 0.2) is 5.16 Å². The van der Waals surface area contributed by atoms with E-state index in [1.54, 1.807) is 48.2 Å². The summed E-state index contributed by atoms with van der Waals surface area (Å²) in [6.45, 7) is 0.219. The van der Waals surface area contributed by atoms with Gasteiger partial charge in [-0.05, 0) is 29.8 Å². The number of nitrogens with zero attached hydrogens (tertiary/aromatic N) is 2. The number of thioether (sulfide) groups is 1. The number of benzene rings is 2. The maximum atomic E-state index is 13.2. The molecule has 3 rings (SSSR count). The predicted octanol–water partition coefficient (Wildman–Crippen LogP) is 3.31. The number of imidazole rings is 1. The van der Waals surface area contributed by atoms with Crippen molar-refractivity contribution >= 4 is 23.4 Å². The van der Waals surface area contributed by atoms with Crippen LogP contribution in [0.4, 0.5) is 10.1 Å².